The number of ether oxygens (including phenoxy) is 3. The van der Waals surface area contributed by atoms with Gasteiger partial charge in [-0.2, -0.15) is 0 Å². The molecule has 0 aliphatic heterocycles. The van der Waals surface area contributed by atoms with Crippen LogP contribution in [0, 0.1) is 0 Å². The smallest absolute Gasteiger partial charge is 0.219 e. The van der Waals surface area contributed by atoms with Gasteiger partial charge in [0.25, 0.3) is 0 Å². The number of rotatable bonds is 9. The first-order valence-corrected chi connectivity index (χ1v) is 6.52. The van der Waals surface area contributed by atoms with Gasteiger partial charge < -0.3 is 19.3 Å². The number of aliphatic hydroxyl groups excluding tert-OH is 1. The molecular formula is C12H18BrNO4. The SMILES string of the molecule is COCCCOCCOc1ncc(Br)cc1CO. The molecule has 0 spiro atoms. The Hall–Kier alpha value is -0.690. The van der Waals surface area contributed by atoms with Crippen molar-refractivity contribution in [2.24, 2.45) is 0 Å². The highest BCUT2D eigenvalue weighted by molar-refractivity contribution is 9.10. The Morgan fingerprint density at radius 2 is 2.11 bits per heavy atom. The highest BCUT2D eigenvalue weighted by Gasteiger charge is 2.05. The first-order valence-electron chi connectivity index (χ1n) is 5.72. The average Bonchev–Trinajstić information content (AvgIpc) is 2.39. The molecule has 0 amide bonds. The van der Waals surface area contributed by atoms with E-state index in [2.05, 4.69) is 20.9 Å². The van der Waals surface area contributed by atoms with Crippen molar-refractivity contribution in [3.05, 3.63) is 22.3 Å². The van der Waals surface area contributed by atoms with E-state index >= 15 is 0 Å². The summed E-state index contributed by atoms with van der Waals surface area (Å²) in [5.74, 6) is 0.446. The molecule has 0 saturated carbocycles. The van der Waals surface area contributed by atoms with Crippen molar-refractivity contribution < 1.29 is 19.3 Å². The second-order valence-electron chi connectivity index (χ2n) is 3.58. The van der Waals surface area contributed by atoms with E-state index in [4.69, 9.17) is 19.3 Å². The van der Waals surface area contributed by atoms with Crippen LogP contribution in [0.2, 0.25) is 0 Å². The maximum absolute atomic E-state index is 9.16. The van der Waals surface area contributed by atoms with Crippen molar-refractivity contribution in [2.45, 2.75) is 13.0 Å². The molecule has 1 aromatic heterocycles. The van der Waals surface area contributed by atoms with Gasteiger partial charge in [-0.05, 0) is 28.4 Å². The summed E-state index contributed by atoms with van der Waals surface area (Å²) in [4.78, 5) is 4.09. The van der Waals surface area contributed by atoms with E-state index in [-0.39, 0.29) is 6.61 Å². The van der Waals surface area contributed by atoms with Crippen LogP contribution in [0.4, 0.5) is 0 Å². The standard InChI is InChI=1S/C12H18BrNO4/c1-16-3-2-4-17-5-6-18-12-10(9-15)7-11(13)8-14-12/h7-8,15H,2-6,9H2,1H3. The molecule has 0 aromatic carbocycles. The van der Waals surface area contributed by atoms with Gasteiger partial charge in [0.15, 0.2) is 0 Å². The molecule has 1 aromatic rings. The van der Waals surface area contributed by atoms with E-state index < -0.39 is 0 Å². The normalized spacial score (nSPS) is 10.6. The maximum atomic E-state index is 9.16. The fourth-order valence-corrected chi connectivity index (χ4v) is 1.70. The molecule has 0 bridgehead atoms. The largest absolute Gasteiger partial charge is 0.475 e. The molecule has 0 aliphatic carbocycles. The fraction of sp³-hybridized carbons (Fsp3) is 0.583. The molecule has 102 valence electrons. The lowest BCUT2D eigenvalue weighted by atomic mass is 10.3. The number of halogens is 1. The van der Waals surface area contributed by atoms with Crippen LogP contribution in [0.15, 0.2) is 16.7 Å². The van der Waals surface area contributed by atoms with Crippen LogP contribution in [-0.4, -0.2) is 43.6 Å². The van der Waals surface area contributed by atoms with Crippen LogP contribution < -0.4 is 4.74 Å². The van der Waals surface area contributed by atoms with Gasteiger partial charge >= 0.3 is 0 Å². The molecule has 1 rings (SSSR count). The number of aromatic nitrogens is 1. The molecule has 1 heterocycles. The van der Waals surface area contributed by atoms with Crippen LogP contribution in [0.1, 0.15) is 12.0 Å². The van der Waals surface area contributed by atoms with Crippen LogP contribution in [-0.2, 0) is 16.1 Å². The zero-order valence-electron chi connectivity index (χ0n) is 10.4. The minimum absolute atomic E-state index is 0.101. The third kappa shape index (κ3) is 5.77. The molecule has 0 unspecified atom stereocenters. The van der Waals surface area contributed by atoms with Crippen molar-refractivity contribution in [2.75, 3.05) is 33.5 Å². The molecule has 18 heavy (non-hydrogen) atoms. The number of methoxy groups -OCH3 is 1. The molecule has 0 fully saturated rings. The Balaban J connectivity index is 2.22. The summed E-state index contributed by atoms with van der Waals surface area (Å²) in [5, 5.41) is 9.16. The number of nitrogens with zero attached hydrogens (tertiary/aromatic N) is 1. The molecule has 0 atom stereocenters. The number of pyridine rings is 1. The second kappa shape index (κ2) is 9.27. The summed E-state index contributed by atoms with van der Waals surface area (Å²) >= 11 is 3.29. The Labute approximate surface area is 115 Å². The lowest BCUT2D eigenvalue weighted by molar-refractivity contribution is 0.0788. The van der Waals surface area contributed by atoms with Crippen molar-refractivity contribution >= 4 is 15.9 Å². The second-order valence-corrected chi connectivity index (χ2v) is 4.50. The zero-order chi connectivity index (χ0) is 13.2. The van der Waals surface area contributed by atoms with Crippen LogP contribution in [0.25, 0.3) is 0 Å². The van der Waals surface area contributed by atoms with Gasteiger partial charge in [-0.15, -0.1) is 0 Å². The van der Waals surface area contributed by atoms with Gasteiger partial charge in [-0.3, -0.25) is 0 Å². The Kier molecular flexibility index (Phi) is 7.91. The molecule has 5 nitrogen and oxygen atoms in total. The van der Waals surface area contributed by atoms with Gasteiger partial charge in [-0.1, -0.05) is 0 Å². The van der Waals surface area contributed by atoms with E-state index in [1.807, 2.05) is 0 Å². The topological polar surface area (TPSA) is 60.8 Å². The number of aliphatic hydroxyl groups is 1. The van der Waals surface area contributed by atoms with E-state index in [0.29, 0.717) is 37.9 Å². The summed E-state index contributed by atoms with van der Waals surface area (Å²) in [6.07, 6.45) is 2.50. The van der Waals surface area contributed by atoms with E-state index in [0.717, 1.165) is 10.9 Å². The summed E-state index contributed by atoms with van der Waals surface area (Å²) in [6.45, 7) is 2.15. The molecule has 0 radical (unpaired) electrons. The first kappa shape index (κ1) is 15.4. The van der Waals surface area contributed by atoms with Crippen molar-refractivity contribution in [1.29, 1.82) is 0 Å². The molecule has 0 saturated heterocycles. The summed E-state index contributed by atoms with van der Waals surface area (Å²) in [7, 11) is 1.67. The fourth-order valence-electron chi connectivity index (χ4n) is 1.32. The Bertz CT molecular complexity index is 349. The molecule has 1 N–H and O–H groups in total. The maximum Gasteiger partial charge on any atom is 0.219 e. The van der Waals surface area contributed by atoms with Crippen LogP contribution in [0.5, 0.6) is 5.88 Å². The average molecular weight is 320 g/mol. The molecular weight excluding hydrogens is 302 g/mol. The molecule has 6 heteroatoms. The minimum Gasteiger partial charge on any atom is -0.475 e. The van der Waals surface area contributed by atoms with E-state index in [9.17, 15) is 0 Å². The van der Waals surface area contributed by atoms with Crippen LogP contribution >= 0.6 is 15.9 Å². The van der Waals surface area contributed by atoms with Gasteiger partial charge in [-0.25, -0.2) is 4.98 Å². The Morgan fingerprint density at radius 3 is 2.83 bits per heavy atom. The predicted octanol–water partition coefficient (Wildman–Crippen LogP) is 1.77. The lowest BCUT2D eigenvalue weighted by Gasteiger charge is -2.09. The van der Waals surface area contributed by atoms with Gasteiger partial charge in [0.05, 0.1) is 13.2 Å². The van der Waals surface area contributed by atoms with Gasteiger partial charge in [0.1, 0.15) is 6.61 Å². The van der Waals surface area contributed by atoms with Crippen molar-refractivity contribution in [3.63, 3.8) is 0 Å². The lowest BCUT2D eigenvalue weighted by Crippen LogP contribution is -2.10. The van der Waals surface area contributed by atoms with Crippen molar-refractivity contribution in [3.8, 4) is 5.88 Å². The molecule has 0 aliphatic rings. The highest BCUT2D eigenvalue weighted by atomic mass is 79.9. The number of hydrogen-bond donors (Lipinski definition) is 1. The van der Waals surface area contributed by atoms with E-state index in [1.165, 1.54) is 0 Å². The number of hydrogen-bond acceptors (Lipinski definition) is 5. The van der Waals surface area contributed by atoms with Gasteiger partial charge in [0.2, 0.25) is 5.88 Å². The minimum atomic E-state index is -0.101. The highest BCUT2D eigenvalue weighted by Crippen LogP contribution is 2.19. The Morgan fingerprint density at radius 1 is 1.28 bits per heavy atom. The summed E-state index contributed by atoms with van der Waals surface area (Å²) in [5.41, 5.74) is 0.656. The van der Waals surface area contributed by atoms with Crippen molar-refractivity contribution in [1.82, 2.24) is 4.98 Å². The quantitative estimate of drug-likeness (QED) is 0.703. The zero-order valence-corrected chi connectivity index (χ0v) is 12.0. The third-order valence-corrected chi connectivity index (χ3v) is 2.60. The third-order valence-electron chi connectivity index (χ3n) is 2.17. The first-order chi connectivity index (χ1) is 8.77. The predicted molar refractivity (Wildman–Crippen MR) is 70.7 cm³/mol. The van der Waals surface area contributed by atoms with E-state index in [1.54, 1.807) is 19.4 Å². The summed E-state index contributed by atoms with van der Waals surface area (Å²) in [6, 6.07) is 1.78. The summed E-state index contributed by atoms with van der Waals surface area (Å²) < 4.78 is 16.5. The van der Waals surface area contributed by atoms with Crippen LogP contribution in [0.3, 0.4) is 0 Å². The monoisotopic (exact) mass is 319 g/mol. The van der Waals surface area contributed by atoms with Gasteiger partial charge in [0, 0.05) is 36.6 Å².